The number of aliphatic imine (C=N–C) groups is 2. The quantitative estimate of drug-likeness (QED) is 0.563. The zero-order chi connectivity index (χ0) is 21.4. The molecule has 5 rings (SSSR count). The van der Waals surface area contributed by atoms with Crippen molar-refractivity contribution >= 4 is 33.2 Å². The molecule has 0 radical (unpaired) electrons. The fourth-order valence-corrected chi connectivity index (χ4v) is 4.02. The third-order valence-corrected chi connectivity index (χ3v) is 5.56. The predicted molar refractivity (Wildman–Crippen MR) is 123 cm³/mol. The monoisotopic (exact) mass is 413 g/mol. The Morgan fingerprint density at radius 2 is 1.71 bits per heavy atom. The van der Waals surface area contributed by atoms with E-state index in [1.807, 2.05) is 25.1 Å². The first kappa shape index (κ1) is 19.5. The van der Waals surface area contributed by atoms with Crippen LogP contribution in [-0.2, 0) is 4.74 Å². The summed E-state index contributed by atoms with van der Waals surface area (Å²) in [4.78, 5) is 9.08. The second-order valence-corrected chi connectivity index (χ2v) is 7.60. The van der Waals surface area contributed by atoms with E-state index < -0.39 is 18.4 Å². The molecule has 1 aliphatic heterocycles. The minimum absolute atomic E-state index is 0.0442. The van der Waals surface area contributed by atoms with E-state index in [-0.39, 0.29) is 5.76 Å². The summed E-state index contributed by atoms with van der Waals surface area (Å²) in [6.07, 6.45) is 3.18. The van der Waals surface area contributed by atoms with Gasteiger partial charge in [-0.05, 0) is 52.7 Å². The van der Waals surface area contributed by atoms with Gasteiger partial charge in [-0.3, -0.25) is 0 Å². The van der Waals surface area contributed by atoms with Gasteiger partial charge in [0.25, 0.3) is 0 Å². The Balaban J connectivity index is 1.53. The summed E-state index contributed by atoms with van der Waals surface area (Å²) in [5, 5.41) is 28.6. The highest BCUT2D eigenvalue weighted by atomic mass is 16.5. The van der Waals surface area contributed by atoms with Gasteiger partial charge in [-0.2, -0.15) is 0 Å². The molecule has 2 aliphatic rings. The molecular weight excluding hydrogens is 390 g/mol. The second kappa shape index (κ2) is 7.98. The molecule has 6 heteroatoms. The van der Waals surface area contributed by atoms with Crippen LogP contribution in [0.3, 0.4) is 0 Å². The number of aliphatic hydroxyl groups excluding tert-OH is 2. The lowest BCUT2D eigenvalue weighted by molar-refractivity contribution is 0.0735. The molecule has 0 amide bonds. The average Bonchev–Trinajstić information content (AvgIpc) is 2.77. The Morgan fingerprint density at radius 1 is 0.968 bits per heavy atom. The van der Waals surface area contributed by atoms with Crippen molar-refractivity contribution in [3.05, 3.63) is 84.1 Å². The number of allylic oxidation sites excluding steroid dienone is 2. The maximum Gasteiger partial charge on any atom is 0.249 e. The summed E-state index contributed by atoms with van der Waals surface area (Å²) in [7, 11) is 0. The average molecular weight is 413 g/mol. The topological polar surface area (TPSA) is 86.4 Å². The number of rotatable bonds is 4. The van der Waals surface area contributed by atoms with Crippen LogP contribution in [0.1, 0.15) is 12.5 Å². The molecule has 3 aromatic carbocycles. The molecular formula is C25H23N3O3. The summed E-state index contributed by atoms with van der Waals surface area (Å²) in [5.41, 5.74) is 0.879. The molecule has 3 atom stereocenters. The van der Waals surface area contributed by atoms with Crippen LogP contribution in [-0.4, -0.2) is 40.9 Å². The van der Waals surface area contributed by atoms with Crippen LogP contribution in [0.4, 0.5) is 0 Å². The first-order valence-corrected chi connectivity index (χ1v) is 10.3. The van der Waals surface area contributed by atoms with E-state index in [1.165, 1.54) is 10.8 Å². The number of ether oxygens (including phenoxy) is 1. The molecule has 1 heterocycles. The summed E-state index contributed by atoms with van der Waals surface area (Å²) < 4.78 is 5.66. The van der Waals surface area contributed by atoms with E-state index >= 15 is 0 Å². The van der Waals surface area contributed by atoms with Gasteiger partial charge in [-0.25, -0.2) is 9.98 Å². The summed E-state index contributed by atoms with van der Waals surface area (Å²) in [5.74, 6) is 0.367. The van der Waals surface area contributed by atoms with Gasteiger partial charge in [0.2, 0.25) is 6.35 Å². The number of hydrogen-bond acceptors (Lipinski definition) is 6. The Morgan fingerprint density at radius 3 is 2.45 bits per heavy atom. The standard InChI is InChI=1S/C25H23N3O3/c1-2-31-25-27-23(26-24(28-25)22-20(29)8-5-9-21(22)30)18-11-10-17-12-15-6-3-4-7-16(15)13-19(17)14-18/h3-14,20,22,25,29-30H,2H2,1H3,(H,26,27,28). The van der Waals surface area contributed by atoms with Crippen LogP contribution in [0.25, 0.3) is 21.5 Å². The van der Waals surface area contributed by atoms with E-state index in [4.69, 9.17) is 4.74 Å². The molecule has 0 spiro atoms. The van der Waals surface area contributed by atoms with Gasteiger partial charge in [0.1, 0.15) is 23.3 Å². The van der Waals surface area contributed by atoms with E-state index in [0.29, 0.717) is 18.3 Å². The van der Waals surface area contributed by atoms with Crippen molar-refractivity contribution in [2.75, 3.05) is 6.61 Å². The molecule has 3 aromatic rings. The molecule has 1 aliphatic carbocycles. The number of benzene rings is 3. The number of amidine groups is 2. The molecule has 31 heavy (non-hydrogen) atoms. The van der Waals surface area contributed by atoms with E-state index in [9.17, 15) is 10.2 Å². The molecule has 6 nitrogen and oxygen atoms in total. The van der Waals surface area contributed by atoms with E-state index in [1.54, 1.807) is 18.2 Å². The minimum Gasteiger partial charge on any atom is -0.511 e. The Bertz CT molecular complexity index is 1280. The molecule has 3 unspecified atom stereocenters. The number of nitrogens with one attached hydrogen (secondary N) is 1. The normalized spacial score (nSPS) is 23.3. The fourth-order valence-electron chi connectivity index (χ4n) is 4.02. The fraction of sp³-hybridized carbons (Fsp3) is 0.200. The molecule has 0 fully saturated rings. The number of fused-ring (bicyclic) bond motifs is 2. The van der Waals surface area contributed by atoms with E-state index in [2.05, 4.69) is 51.7 Å². The van der Waals surface area contributed by atoms with E-state index in [0.717, 1.165) is 16.3 Å². The zero-order valence-electron chi connectivity index (χ0n) is 17.1. The SMILES string of the molecule is CCOC1N=C(c2ccc3cc4ccccc4cc3c2)NC(C2C(O)=CC=CC2O)=N1. The lowest BCUT2D eigenvalue weighted by Crippen LogP contribution is -2.46. The van der Waals surface area contributed by atoms with Crippen LogP contribution >= 0.6 is 0 Å². The highest BCUT2D eigenvalue weighted by Crippen LogP contribution is 2.26. The first-order chi connectivity index (χ1) is 15.1. The maximum absolute atomic E-state index is 10.4. The van der Waals surface area contributed by atoms with Gasteiger partial charge in [0.05, 0.1) is 6.10 Å². The van der Waals surface area contributed by atoms with Crippen LogP contribution < -0.4 is 5.32 Å². The number of nitrogens with zero attached hydrogens (tertiary/aromatic N) is 2. The Labute approximate surface area is 179 Å². The van der Waals surface area contributed by atoms with Crippen molar-refractivity contribution in [3.63, 3.8) is 0 Å². The van der Waals surface area contributed by atoms with Crippen LogP contribution in [0.15, 0.2) is 88.6 Å². The van der Waals surface area contributed by atoms with Crippen molar-refractivity contribution in [2.24, 2.45) is 15.9 Å². The van der Waals surface area contributed by atoms with Crippen LogP contribution in [0.5, 0.6) is 0 Å². The van der Waals surface area contributed by atoms with Crippen LogP contribution in [0.2, 0.25) is 0 Å². The summed E-state index contributed by atoms with van der Waals surface area (Å²) in [6.45, 7) is 2.32. The molecule has 0 aromatic heterocycles. The lowest BCUT2D eigenvalue weighted by atomic mass is 9.93. The van der Waals surface area contributed by atoms with Gasteiger partial charge >= 0.3 is 0 Å². The van der Waals surface area contributed by atoms with Crippen molar-refractivity contribution in [1.29, 1.82) is 0 Å². The first-order valence-electron chi connectivity index (χ1n) is 10.3. The van der Waals surface area contributed by atoms with Gasteiger partial charge < -0.3 is 20.3 Å². The second-order valence-electron chi connectivity index (χ2n) is 7.60. The maximum atomic E-state index is 10.4. The Kier molecular flexibility index (Phi) is 5.02. The molecule has 3 N–H and O–H groups in total. The summed E-state index contributed by atoms with van der Waals surface area (Å²) >= 11 is 0. The molecule has 0 bridgehead atoms. The number of hydrogen-bond donors (Lipinski definition) is 3. The molecule has 0 saturated carbocycles. The van der Waals surface area contributed by atoms with Gasteiger partial charge in [-0.1, -0.05) is 48.6 Å². The van der Waals surface area contributed by atoms with Gasteiger partial charge in [0.15, 0.2) is 0 Å². The van der Waals surface area contributed by atoms with Crippen LogP contribution in [0, 0.1) is 5.92 Å². The van der Waals surface area contributed by atoms with Crippen molar-refractivity contribution in [3.8, 4) is 0 Å². The minimum atomic E-state index is -0.888. The third-order valence-electron chi connectivity index (χ3n) is 5.56. The smallest absolute Gasteiger partial charge is 0.249 e. The van der Waals surface area contributed by atoms with Crippen molar-refractivity contribution in [1.82, 2.24) is 5.32 Å². The predicted octanol–water partition coefficient (Wildman–Crippen LogP) is 4.05. The zero-order valence-corrected chi connectivity index (χ0v) is 17.1. The third kappa shape index (κ3) is 3.71. The highest BCUT2D eigenvalue weighted by molar-refractivity contribution is 6.13. The van der Waals surface area contributed by atoms with Crippen molar-refractivity contribution in [2.45, 2.75) is 19.4 Å². The Hall–Kier alpha value is -3.48. The summed E-state index contributed by atoms with van der Waals surface area (Å²) in [6, 6.07) is 18.8. The lowest BCUT2D eigenvalue weighted by Gasteiger charge is -2.29. The largest absolute Gasteiger partial charge is 0.511 e. The highest BCUT2D eigenvalue weighted by Gasteiger charge is 2.32. The van der Waals surface area contributed by atoms with Gasteiger partial charge in [-0.15, -0.1) is 0 Å². The van der Waals surface area contributed by atoms with Crippen molar-refractivity contribution < 1.29 is 14.9 Å². The molecule has 156 valence electrons. The van der Waals surface area contributed by atoms with Gasteiger partial charge in [0, 0.05) is 12.2 Å². The molecule has 0 saturated heterocycles. The number of aliphatic hydroxyl groups is 2.